The predicted octanol–water partition coefficient (Wildman–Crippen LogP) is -0.153. The maximum atomic E-state index is 8.98. The quantitative estimate of drug-likeness (QED) is 0.585. The van der Waals surface area contributed by atoms with Crippen molar-refractivity contribution in [3.05, 3.63) is 24.4 Å². The molecule has 0 saturated heterocycles. The topological polar surface area (TPSA) is 65.4 Å². The average molecular weight is 168 g/mol. The Kier molecular flexibility index (Phi) is 3.50. The van der Waals surface area contributed by atoms with Crippen molar-refractivity contribution >= 4 is 5.82 Å². The van der Waals surface area contributed by atoms with E-state index in [1.165, 1.54) is 0 Å². The molecule has 1 unspecified atom stereocenters. The molecule has 0 aliphatic rings. The fourth-order valence-corrected chi connectivity index (χ4v) is 0.754. The molecule has 0 aromatic carbocycles. The molecule has 1 atom stereocenters. The van der Waals surface area contributed by atoms with Crippen molar-refractivity contribution in [1.29, 1.82) is 0 Å². The maximum absolute atomic E-state index is 8.98. The van der Waals surface area contributed by atoms with Crippen molar-refractivity contribution in [2.75, 3.05) is 18.5 Å². The Morgan fingerprint density at radius 1 is 1.50 bits per heavy atom. The minimum Gasteiger partial charge on any atom is -0.394 e. The molecule has 1 heterocycles. The summed E-state index contributed by atoms with van der Waals surface area (Å²) in [7, 11) is 0. The number of aromatic nitrogens is 1. The lowest BCUT2D eigenvalue weighted by Crippen LogP contribution is -2.23. The number of aliphatic hydroxyl groups is 2. The number of hydrogen-bond acceptors (Lipinski definition) is 4. The minimum atomic E-state index is -0.730. The molecule has 0 amide bonds. The lowest BCUT2D eigenvalue weighted by Gasteiger charge is -2.08. The first kappa shape index (κ1) is 8.96. The van der Waals surface area contributed by atoms with Crippen LogP contribution < -0.4 is 5.32 Å². The van der Waals surface area contributed by atoms with Gasteiger partial charge in [0.1, 0.15) is 5.82 Å². The van der Waals surface area contributed by atoms with Gasteiger partial charge in [-0.2, -0.15) is 0 Å². The highest BCUT2D eigenvalue weighted by Gasteiger charge is 2.00. The zero-order valence-electron chi connectivity index (χ0n) is 6.64. The van der Waals surface area contributed by atoms with Crippen molar-refractivity contribution in [2.24, 2.45) is 0 Å². The Balaban J connectivity index is 2.33. The molecule has 1 rings (SSSR count). The van der Waals surface area contributed by atoms with Gasteiger partial charge in [0.25, 0.3) is 0 Å². The zero-order valence-corrected chi connectivity index (χ0v) is 6.64. The zero-order chi connectivity index (χ0) is 8.81. The Morgan fingerprint density at radius 2 is 2.33 bits per heavy atom. The van der Waals surface area contributed by atoms with E-state index < -0.39 is 6.10 Å². The summed E-state index contributed by atoms with van der Waals surface area (Å²) in [5.41, 5.74) is 0. The normalized spacial score (nSPS) is 12.5. The van der Waals surface area contributed by atoms with Gasteiger partial charge in [0.2, 0.25) is 0 Å². The summed E-state index contributed by atoms with van der Waals surface area (Å²) < 4.78 is 0. The van der Waals surface area contributed by atoms with Crippen LogP contribution in [-0.4, -0.2) is 34.5 Å². The first-order valence-electron chi connectivity index (χ1n) is 3.76. The Bertz CT molecular complexity index is 216. The van der Waals surface area contributed by atoms with Gasteiger partial charge in [0.15, 0.2) is 0 Å². The fourth-order valence-electron chi connectivity index (χ4n) is 0.754. The van der Waals surface area contributed by atoms with Crippen LogP contribution in [0.3, 0.4) is 0 Å². The smallest absolute Gasteiger partial charge is 0.125 e. The summed E-state index contributed by atoms with van der Waals surface area (Å²) >= 11 is 0. The molecule has 1 aromatic heterocycles. The summed E-state index contributed by atoms with van der Waals surface area (Å²) in [6, 6.07) is 5.46. The van der Waals surface area contributed by atoms with E-state index >= 15 is 0 Å². The number of nitrogens with zero attached hydrogens (tertiary/aromatic N) is 1. The maximum Gasteiger partial charge on any atom is 0.125 e. The summed E-state index contributed by atoms with van der Waals surface area (Å²) in [5.74, 6) is 0.699. The average Bonchev–Trinajstić information content (AvgIpc) is 2.16. The van der Waals surface area contributed by atoms with Crippen molar-refractivity contribution < 1.29 is 10.2 Å². The second-order valence-corrected chi connectivity index (χ2v) is 2.43. The summed E-state index contributed by atoms with van der Waals surface area (Å²) in [5, 5.41) is 20.4. The van der Waals surface area contributed by atoms with Gasteiger partial charge in [-0.15, -0.1) is 0 Å². The molecule has 1 aromatic rings. The molecular formula is C8H12N2O2. The van der Waals surface area contributed by atoms with E-state index in [1.807, 2.05) is 12.1 Å². The Morgan fingerprint density at radius 3 is 2.92 bits per heavy atom. The number of nitrogens with one attached hydrogen (secondary N) is 1. The van der Waals surface area contributed by atoms with Crippen LogP contribution in [0.1, 0.15) is 0 Å². The molecule has 0 radical (unpaired) electrons. The van der Waals surface area contributed by atoms with E-state index in [9.17, 15) is 0 Å². The molecular weight excluding hydrogens is 156 g/mol. The standard InChI is InChI=1S/C8H12N2O2/c11-6-7(12)5-10-8-3-1-2-4-9-8/h1-4,7,11-12H,5-6H2,(H,9,10). The van der Waals surface area contributed by atoms with E-state index in [-0.39, 0.29) is 6.61 Å². The molecule has 3 N–H and O–H groups in total. The highest BCUT2D eigenvalue weighted by Crippen LogP contribution is 1.98. The van der Waals surface area contributed by atoms with E-state index in [0.717, 1.165) is 0 Å². The largest absolute Gasteiger partial charge is 0.394 e. The van der Waals surface area contributed by atoms with Crippen LogP contribution in [0, 0.1) is 0 Å². The second kappa shape index (κ2) is 4.69. The van der Waals surface area contributed by atoms with Crippen LogP contribution in [0.2, 0.25) is 0 Å². The molecule has 0 saturated carbocycles. The monoisotopic (exact) mass is 168 g/mol. The molecule has 66 valence electrons. The van der Waals surface area contributed by atoms with Crippen LogP contribution in [0.15, 0.2) is 24.4 Å². The van der Waals surface area contributed by atoms with Gasteiger partial charge in [-0.3, -0.25) is 0 Å². The highest BCUT2D eigenvalue weighted by molar-refractivity contribution is 5.32. The molecule has 0 aliphatic heterocycles. The van der Waals surface area contributed by atoms with Gasteiger partial charge in [0.05, 0.1) is 12.7 Å². The number of aliphatic hydroxyl groups excluding tert-OH is 2. The molecule has 4 nitrogen and oxygen atoms in total. The highest BCUT2D eigenvalue weighted by atomic mass is 16.3. The molecule has 0 fully saturated rings. The van der Waals surface area contributed by atoms with Gasteiger partial charge < -0.3 is 15.5 Å². The van der Waals surface area contributed by atoms with E-state index in [4.69, 9.17) is 10.2 Å². The summed E-state index contributed by atoms with van der Waals surface area (Å²) in [6.45, 7) is 0.0767. The van der Waals surface area contributed by atoms with Gasteiger partial charge in [-0.25, -0.2) is 4.98 Å². The van der Waals surface area contributed by atoms with Crippen LogP contribution >= 0.6 is 0 Å². The van der Waals surface area contributed by atoms with Crippen molar-refractivity contribution in [3.63, 3.8) is 0 Å². The lowest BCUT2D eigenvalue weighted by atomic mass is 10.3. The molecule has 12 heavy (non-hydrogen) atoms. The van der Waals surface area contributed by atoms with Crippen molar-refractivity contribution in [2.45, 2.75) is 6.10 Å². The van der Waals surface area contributed by atoms with E-state index in [0.29, 0.717) is 12.4 Å². The second-order valence-electron chi connectivity index (χ2n) is 2.43. The van der Waals surface area contributed by atoms with Crippen LogP contribution in [-0.2, 0) is 0 Å². The fraction of sp³-hybridized carbons (Fsp3) is 0.375. The van der Waals surface area contributed by atoms with E-state index in [1.54, 1.807) is 12.3 Å². The van der Waals surface area contributed by atoms with Gasteiger partial charge in [-0.1, -0.05) is 6.07 Å². The van der Waals surface area contributed by atoms with Gasteiger partial charge >= 0.3 is 0 Å². The number of anilines is 1. The minimum absolute atomic E-state index is 0.236. The molecule has 0 aliphatic carbocycles. The van der Waals surface area contributed by atoms with Crippen LogP contribution in [0.5, 0.6) is 0 Å². The lowest BCUT2D eigenvalue weighted by molar-refractivity contribution is 0.105. The first-order valence-corrected chi connectivity index (χ1v) is 3.76. The third-order valence-corrected chi connectivity index (χ3v) is 1.39. The predicted molar refractivity (Wildman–Crippen MR) is 45.8 cm³/mol. The van der Waals surface area contributed by atoms with Crippen molar-refractivity contribution in [3.8, 4) is 0 Å². The summed E-state index contributed by atoms with van der Waals surface area (Å²) in [4.78, 5) is 3.98. The summed E-state index contributed by atoms with van der Waals surface area (Å²) in [6.07, 6.45) is 0.931. The molecule has 0 spiro atoms. The SMILES string of the molecule is OCC(O)CNc1ccccn1. The molecule has 4 heteroatoms. The third-order valence-electron chi connectivity index (χ3n) is 1.39. The first-order chi connectivity index (χ1) is 5.83. The van der Waals surface area contributed by atoms with Crippen molar-refractivity contribution in [1.82, 2.24) is 4.98 Å². The Labute approximate surface area is 70.9 Å². The number of rotatable bonds is 4. The van der Waals surface area contributed by atoms with Crippen LogP contribution in [0.25, 0.3) is 0 Å². The Hall–Kier alpha value is -1.13. The van der Waals surface area contributed by atoms with Crippen LogP contribution in [0.4, 0.5) is 5.82 Å². The van der Waals surface area contributed by atoms with Gasteiger partial charge in [0, 0.05) is 12.7 Å². The third kappa shape index (κ3) is 2.86. The number of hydrogen-bond donors (Lipinski definition) is 3. The van der Waals surface area contributed by atoms with Gasteiger partial charge in [-0.05, 0) is 12.1 Å². The van der Waals surface area contributed by atoms with E-state index in [2.05, 4.69) is 10.3 Å². The number of pyridine rings is 1. The molecule has 0 bridgehead atoms.